The Morgan fingerprint density at radius 1 is 1.04 bits per heavy atom. The summed E-state index contributed by atoms with van der Waals surface area (Å²) in [5.74, 6) is 0.972. The van der Waals surface area contributed by atoms with Gasteiger partial charge in [0, 0.05) is 16.4 Å². The number of hydrogen-bond acceptors (Lipinski definition) is 5. The largest absolute Gasteiger partial charge is 0.497 e. The molecule has 0 spiro atoms. The van der Waals surface area contributed by atoms with E-state index in [1.54, 1.807) is 37.4 Å². The van der Waals surface area contributed by atoms with Crippen molar-refractivity contribution < 1.29 is 9.53 Å². The highest BCUT2D eigenvalue weighted by molar-refractivity contribution is 6.30. The standard InChI is InChI=1S/C19H17ClN4O2/c1-12-11-13(20)3-8-16(12)22-19(25)17-9-10-18(24-23-17)21-14-4-6-15(26-2)7-5-14/h3-11H,1-2H3,(H,21,24)(H,22,25). The zero-order chi connectivity index (χ0) is 18.5. The van der Waals surface area contributed by atoms with Gasteiger partial charge in [0.05, 0.1) is 7.11 Å². The fourth-order valence-electron chi connectivity index (χ4n) is 2.30. The number of carbonyl (C=O) groups excluding carboxylic acids is 1. The molecule has 0 saturated heterocycles. The van der Waals surface area contributed by atoms with Crippen molar-refractivity contribution in [2.24, 2.45) is 0 Å². The van der Waals surface area contributed by atoms with Crippen LogP contribution in [0.3, 0.4) is 0 Å². The highest BCUT2D eigenvalue weighted by atomic mass is 35.5. The minimum Gasteiger partial charge on any atom is -0.497 e. The first kappa shape index (κ1) is 17.7. The summed E-state index contributed by atoms with van der Waals surface area (Å²) in [6.45, 7) is 1.87. The van der Waals surface area contributed by atoms with Crippen LogP contribution < -0.4 is 15.4 Å². The highest BCUT2D eigenvalue weighted by Gasteiger charge is 2.10. The zero-order valence-electron chi connectivity index (χ0n) is 14.3. The molecule has 1 heterocycles. The molecular formula is C19H17ClN4O2. The van der Waals surface area contributed by atoms with Gasteiger partial charge in [-0.1, -0.05) is 11.6 Å². The molecule has 0 unspecified atom stereocenters. The predicted molar refractivity (Wildman–Crippen MR) is 102 cm³/mol. The van der Waals surface area contributed by atoms with Gasteiger partial charge in [-0.25, -0.2) is 0 Å². The first-order valence-electron chi connectivity index (χ1n) is 7.87. The molecule has 2 aromatic carbocycles. The number of carbonyl (C=O) groups is 1. The van der Waals surface area contributed by atoms with Crippen molar-refractivity contribution >= 4 is 34.7 Å². The molecule has 0 aliphatic heterocycles. The smallest absolute Gasteiger partial charge is 0.276 e. The maximum atomic E-state index is 12.3. The Labute approximate surface area is 156 Å². The number of benzene rings is 2. The lowest BCUT2D eigenvalue weighted by molar-refractivity contribution is 0.102. The number of aryl methyl sites for hydroxylation is 1. The topological polar surface area (TPSA) is 76.1 Å². The van der Waals surface area contributed by atoms with Gasteiger partial charge in [0.25, 0.3) is 5.91 Å². The summed E-state index contributed by atoms with van der Waals surface area (Å²) in [6.07, 6.45) is 0. The summed E-state index contributed by atoms with van der Waals surface area (Å²) < 4.78 is 5.12. The van der Waals surface area contributed by atoms with E-state index >= 15 is 0 Å². The molecule has 0 bridgehead atoms. The van der Waals surface area contributed by atoms with Crippen molar-refractivity contribution in [3.05, 3.63) is 70.9 Å². The molecule has 3 aromatic rings. The third-order valence-corrected chi connectivity index (χ3v) is 3.93. The van der Waals surface area contributed by atoms with Gasteiger partial charge in [0.15, 0.2) is 11.5 Å². The summed E-state index contributed by atoms with van der Waals surface area (Å²) in [7, 11) is 1.61. The van der Waals surface area contributed by atoms with Crippen molar-refractivity contribution in [1.29, 1.82) is 0 Å². The van der Waals surface area contributed by atoms with Crippen LogP contribution in [-0.4, -0.2) is 23.2 Å². The molecule has 2 N–H and O–H groups in total. The molecule has 0 radical (unpaired) electrons. The van der Waals surface area contributed by atoms with E-state index in [2.05, 4.69) is 20.8 Å². The van der Waals surface area contributed by atoms with Crippen LogP contribution in [0.4, 0.5) is 17.2 Å². The molecule has 132 valence electrons. The second-order valence-electron chi connectivity index (χ2n) is 5.57. The van der Waals surface area contributed by atoms with Crippen LogP contribution in [0.5, 0.6) is 5.75 Å². The maximum absolute atomic E-state index is 12.3. The molecule has 0 atom stereocenters. The Kier molecular flexibility index (Phi) is 5.34. The van der Waals surface area contributed by atoms with Crippen LogP contribution >= 0.6 is 11.6 Å². The van der Waals surface area contributed by atoms with Crippen LogP contribution in [0.1, 0.15) is 16.1 Å². The molecule has 3 rings (SSSR count). The SMILES string of the molecule is COc1ccc(Nc2ccc(C(=O)Nc3ccc(Cl)cc3C)nn2)cc1. The lowest BCUT2D eigenvalue weighted by atomic mass is 10.2. The second-order valence-corrected chi connectivity index (χ2v) is 6.01. The molecule has 6 nitrogen and oxygen atoms in total. The zero-order valence-corrected chi connectivity index (χ0v) is 15.0. The number of aromatic nitrogens is 2. The van der Waals surface area contributed by atoms with E-state index in [9.17, 15) is 4.79 Å². The number of nitrogens with zero attached hydrogens (tertiary/aromatic N) is 2. The normalized spacial score (nSPS) is 10.3. The van der Waals surface area contributed by atoms with Gasteiger partial charge in [-0.2, -0.15) is 0 Å². The number of methoxy groups -OCH3 is 1. The highest BCUT2D eigenvalue weighted by Crippen LogP contribution is 2.21. The number of hydrogen-bond donors (Lipinski definition) is 2. The summed E-state index contributed by atoms with van der Waals surface area (Å²) >= 11 is 5.92. The van der Waals surface area contributed by atoms with Crippen LogP contribution in [0.25, 0.3) is 0 Å². The first-order chi connectivity index (χ1) is 12.5. The molecule has 1 amide bonds. The number of ether oxygens (including phenoxy) is 1. The lowest BCUT2D eigenvalue weighted by Gasteiger charge is -2.09. The van der Waals surface area contributed by atoms with Gasteiger partial charge < -0.3 is 15.4 Å². The number of anilines is 3. The predicted octanol–water partition coefficient (Wildman–Crippen LogP) is 4.44. The quantitative estimate of drug-likeness (QED) is 0.696. The Morgan fingerprint density at radius 3 is 2.42 bits per heavy atom. The van der Waals surface area contributed by atoms with E-state index in [1.165, 1.54) is 0 Å². The van der Waals surface area contributed by atoms with Gasteiger partial charge in [0.2, 0.25) is 0 Å². The van der Waals surface area contributed by atoms with Crippen molar-refractivity contribution in [1.82, 2.24) is 10.2 Å². The van der Waals surface area contributed by atoms with Gasteiger partial charge in [-0.3, -0.25) is 4.79 Å². The van der Waals surface area contributed by atoms with E-state index in [-0.39, 0.29) is 11.6 Å². The van der Waals surface area contributed by atoms with Gasteiger partial charge in [-0.15, -0.1) is 10.2 Å². The van der Waals surface area contributed by atoms with Crippen molar-refractivity contribution in [2.45, 2.75) is 6.92 Å². The van der Waals surface area contributed by atoms with E-state index in [1.807, 2.05) is 31.2 Å². The van der Waals surface area contributed by atoms with Gasteiger partial charge in [-0.05, 0) is 67.1 Å². The van der Waals surface area contributed by atoms with Gasteiger partial charge >= 0.3 is 0 Å². The molecule has 26 heavy (non-hydrogen) atoms. The van der Waals surface area contributed by atoms with Crippen LogP contribution in [0, 0.1) is 6.92 Å². The van der Waals surface area contributed by atoms with Gasteiger partial charge in [0.1, 0.15) is 5.75 Å². The fourth-order valence-corrected chi connectivity index (χ4v) is 2.52. The van der Waals surface area contributed by atoms with E-state index in [0.29, 0.717) is 16.5 Å². The molecular weight excluding hydrogens is 352 g/mol. The molecule has 0 aliphatic carbocycles. The third kappa shape index (κ3) is 4.29. The second kappa shape index (κ2) is 7.84. The first-order valence-corrected chi connectivity index (χ1v) is 8.25. The van der Waals surface area contributed by atoms with Crippen molar-refractivity contribution in [3.8, 4) is 5.75 Å². The number of halogens is 1. The molecule has 0 saturated carbocycles. The monoisotopic (exact) mass is 368 g/mol. The average molecular weight is 369 g/mol. The summed E-state index contributed by atoms with van der Waals surface area (Å²) in [6, 6.07) is 16.0. The van der Waals surface area contributed by atoms with E-state index < -0.39 is 0 Å². The maximum Gasteiger partial charge on any atom is 0.276 e. The van der Waals surface area contributed by atoms with Crippen molar-refractivity contribution in [3.63, 3.8) is 0 Å². The number of nitrogens with one attached hydrogen (secondary N) is 2. The molecule has 0 aliphatic rings. The summed E-state index contributed by atoms with van der Waals surface area (Å²) in [5.41, 5.74) is 2.62. The Hall–Kier alpha value is -3.12. The molecule has 7 heteroatoms. The molecule has 0 fully saturated rings. The number of amides is 1. The minimum atomic E-state index is -0.334. The lowest BCUT2D eigenvalue weighted by Crippen LogP contribution is -2.15. The molecule has 1 aromatic heterocycles. The summed E-state index contributed by atoms with van der Waals surface area (Å²) in [5, 5.41) is 14.5. The average Bonchev–Trinajstić information content (AvgIpc) is 2.65. The fraction of sp³-hybridized carbons (Fsp3) is 0.105. The van der Waals surface area contributed by atoms with Crippen molar-refractivity contribution in [2.75, 3.05) is 17.7 Å². The number of rotatable bonds is 5. The van der Waals surface area contributed by atoms with Crippen LogP contribution in [-0.2, 0) is 0 Å². The summed E-state index contributed by atoms with van der Waals surface area (Å²) in [4.78, 5) is 12.3. The Balaban J connectivity index is 1.67. The third-order valence-electron chi connectivity index (χ3n) is 3.70. The van der Waals surface area contributed by atoms with E-state index in [4.69, 9.17) is 16.3 Å². The van der Waals surface area contributed by atoms with E-state index in [0.717, 1.165) is 17.0 Å². The minimum absolute atomic E-state index is 0.222. The Morgan fingerprint density at radius 2 is 1.81 bits per heavy atom. The van der Waals surface area contributed by atoms with Crippen LogP contribution in [0.2, 0.25) is 5.02 Å². The Bertz CT molecular complexity index is 912. The van der Waals surface area contributed by atoms with Crippen LogP contribution in [0.15, 0.2) is 54.6 Å².